The minimum absolute atomic E-state index is 0.192. The number of fused-ring (bicyclic) bond motifs is 1. The predicted octanol–water partition coefficient (Wildman–Crippen LogP) is 2.85. The minimum Gasteiger partial charge on any atom is -0.459 e. The smallest absolute Gasteiger partial charge is 0.157 e. The third-order valence-electron chi connectivity index (χ3n) is 2.78. The number of Topliss-reactive ketones (excluding diaryl/α,β-unsaturated/α-hetero) is 1. The Labute approximate surface area is 94.2 Å². The van der Waals surface area contributed by atoms with E-state index in [1.165, 1.54) is 0 Å². The van der Waals surface area contributed by atoms with Gasteiger partial charge in [-0.3, -0.25) is 0 Å². The van der Waals surface area contributed by atoms with Gasteiger partial charge in [-0.2, -0.15) is 0 Å². The zero-order valence-electron chi connectivity index (χ0n) is 9.54. The molecule has 16 heavy (non-hydrogen) atoms. The Morgan fingerprint density at radius 2 is 2.19 bits per heavy atom. The predicted molar refractivity (Wildman–Crippen MR) is 64.4 cm³/mol. The maximum atomic E-state index is 11.0. The third-order valence-corrected chi connectivity index (χ3v) is 2.78. The quantitative estimate of drug-likeness (QED) is 0.804. The first-order chi connectivity index (χ1) is 7.59. The Hall–Kier alpha value is -1.77. The summed E-state index contributed by atoms with van der Waals surface area (Å²) in [6, 6.07) is 5.71. The van der Waals surface area contributed by atoms with Crippen LogP contribution in [-0.2, 0) is 11.2 Å². The van der Waals surface area contributed by atoms with Gasteiger partial charge in [0.2, 0.25) is 0 Å². The van der Waals surface area contributed by atoms with Crippen molar-refractivity contribution in [3.63, 3.8) is 0 Å². The fourth-order valence-electron chi connectivity index (χ4n) is 1.92. The van der Waals surface area contributed by atoms with E-state index in [1.807, 2.05) is 25.1 Å². The standard InChI is InChI=1S/C13H15NO2/c1-8(15)6-7-10-9(2)16-13-11(10)4-3-5-12(13)14/h3-5H,6-7,14H2,1-2H3. The molecule has 3 nitrogen and oxygen atoms in total. The molecule has 2 aromatic rings. The van der Waals surface area contributed by atoms with Crippen molar-refractivity contribution >= 4 is 22.4 Å². The molecule has 0 saturated heterocycles. The number of furan rings is 1. The maximum absolute atomic E-state index is 11.0. The van der Waals surface area contributed by atoms with Crippen LogP contribution in [0.3, 0.4) is 0 Å². The number of hydrogen-bond acceptors (Lipinski definition) is 3. The highest BCUT2D eigenvalue weighted by atomic mass is 16.3. The summed E-state index contributed by atoms with van der Waals surface area (Å²) in [6.07, 6.45) is 1.27. The first-order valence-electron chi connectivity index (χ1n) is 5.35. The van der Waals surface area contributed by atoms with Gasteiger partial charge in [0, 0.05) is 17.4 Å². The van der Waals surface area contributed by atoms with Crippen LogP contribution in [0.25, 0.3) is 11.0 Å². The molecule has 0 saturated carbocycles. The fraction of sp³-hybridized carbons (Fsp3) is 0.308. The van der Waals surface area contributed by atoms with Crippen molar-refractivity contribution in [1.29, 1.82) is 0 Å². The Balaban J connectivity index is 2.48. The highest BCUT2D eigenvalue weighted by molar-refractivity contribution is 5.91. The van der Waals surface area contributed by atoms with E-state index in [1.54, 1.807) is 6.92 Å². The molecule has 2 N–H and O–H groups in total. The second-order valence-corrected chi connectivity index (χ2v) is 4.06. The molecule has 1 aromatic heterocycles. The van der Waals surface area contributed by atoms with Crippen molar-refractivity contribution in [3.8, 4) is 0 Å². The molecule has 0 aliphatic rings. The molecule has 0 radical (unpaired) electrons. The van der Waals surface area contributed by atoms with Crippen molar-refractivity contribution in [1.82, 2.24) is 0 Å². The van der Waals surface area contributed by atoms with E-state index in [4.69, 9.17) is 10.2 Å². The molecule has 0 unspecified atom stereocenters. The van der Waals surface area contributed by atoms with E-state index in [9.17, 15) is 4.79 Å². The average Bonchev–Trinajstić information content (AvgIpc) is 2.53. The van der Waals surface area contributed by atoms with E-state index >= 15 is 0 Å². The number of ketones is 1. The summed E-state index contributed by atoms with van der Waals surface area (Å²) in [5.74, 6) is 1.05. The van der Waals surface area contributed by atoms with Gasteiger partial charge in [-0.05, 0) is 26.3 Å². The van der Waals surface area contributed by atoms with Gasteiger partial charge in [-0.15, -0.1) is 0 Å². The zero-order chi connectivity index (χ0) is 11.7. The lowest BCUT2D eigenvalue weighted by Crippen LogP contribution is -1.94. The maximum Gasteiger partial charge on any atom is 0.157 e. The average molecular weight is 217 g/mol. The van der Waals surface area contributed by atoms with E-state index in [0.29, 0.717) is 12.1 Å². The topological polar surface area (TPSA) is 56.2 Å². The van der Waals surface area contributed by atoms with Crippen LogP contribution in [0, 0.1) is 6.92 Å². The highest BCUT2D eigenvalue weighted by Gasteiger charge is 2.12. The number of para-hydroxylation sites is 1. The number of hydrogen-bond donors (Lipinski definition) is 1. The van der Waals surface area contributed by atoms with E-state index in [-0.39, 0.29) is 5.78 Å². The van der Waals surface area contributed by atoms with Gasteiger partial charge in [0.1, 0.15) is 11.5 Å². The van der Waals surface area contributed by atoms with Crippen LogP contribution in [0.1, 0.15) is 24.7 Å². The molecule has 0 bridgehead atoms. The summed E-state index contributed by atoms with van der Waals surface area (Å²) in [5, 5.41) is 1.03. The molecule has 0 aliphatic carbocycles. The molecule has 84 valence electrons. The van der Waals surface area contributed by atoms with Crippen LogP contribution in [-0.4, -0.2) is 5.78 Å². The molecule has 0 spiro atoms. The van der Waals surface area contributed by atoms with E-state index in [0.717, 1.165) is 28.7 Å². The van der Waals surface area contributed by atoms with Gasteiger partial charge in [0.05, 0.1) is 5.69 Å². The largest absolute Gasteiger partial charge is 0.459 e. The molecule has 1 aromatic carbocycles. The van der Waals surface area contributed by atoms with Crippen molar-refractivity contribution in [2.24, 2.45) is 0 Å². The Bertz CT molecular complexity index is 540. The lowest BCUT2D eigenvalue weighted by atomic mass is 10.0. The summed E-state index contributed by atoms with van der Waals surface area (Å²) in [6.45, 7) is 3.51. The summed E-state index contributed by atoms with van der Waals surface area (Å²) in [4.78, 5) is 11.0. The van der Waals surface area contributed by atoms with Crippen LogP contribution >= 0.6 is 0 Å². The summed E-state index contributed by atoms with van der Waals surface area (Å²) in [7, 11) is 0. The van der Waals surface area contributed by atoms with Crippen LogP contribution in [0.15, 0.2) is 22.6 Å². The number of carbonyl (C=O) groups excluding carboxylic acids is 1. The molecule has 3 heteroatoms. The van der Waals surface area contributed by atoms with Crippen LogP contribution in [0.4, 0.5) is 5.69 Å². The molecule has 1 heterocycles. The molecule has 0 fully saturated rings. The van der Waals surface area contributed by atoms with Crippen LogP contribution < -0.4 is 5.73 Å². The molecule has 0 atom stereocenters. The number of nitrogens with two attached hydrogens (primary N) is 1. The Morgan fingerprint density at radius 1 is 1.44 bits per heavy atom. The zero-order valence-corrected chi connectivity index (χ0v) is 9.54. The van der Waals surface area contributed by atoms with Gasteiger partial charge in [-0.1, -0.05) is 12.1 Å². The Morgan fingerprint density at radius 3 is 2.88 bits per heavy atom. The van der Waals surface area contributed by atoms with Crippen LogP contribution in [0.2, 0.25) is 0 Å². The molecular formula is C13H15NO2. The number of nitrogen functional groups attached to an aromatic ring is 1. The van der Waals surface area contributed by atoms with Gasteiger partial charge >= 0.3 is 0 Å². The molecule has 2 rings (SSSR count). The SMILES string of the molecule is CC(=O)CCc1c(C)oc2c(N)cccc12. The molecule has 0 amide bonds. The first kappa shape index (κ1) is 10.7. The van der Waals surface area contributed by atoms with Crippen molar-refractivity contribution in [3.05, 3.63) is 29.5 Å². The fourth-order valence-corrected chi connectivity index (χ4v) is 1.92. The third kappa shape index (κ3) is 1.81. The summed E-state index contributed by atoms with van der Waals surface area (Å²) < 4.78 is 5.63. The van der Waals surface area contributed by atoms with E-state index in [2.05, 4.69) is 0 Å². The highest BCUT2D eigenvalue weighted by Crippen LogP contribution is 2.30. The second-order valence-electron chi connectivity index (χ2n) is 4.06. The van der Waals surface area contributed by atoms with E-state index < -0.39 is 0 Å². The Kier molecular flexibility index (Phi) is 2.69. The lowest BCUT2D eigenvalue weighted by molar-refractivity contribution is -0.116. The second kappa shape index (κ2) is 4.00. The number of aryl methyl sites for hydroxylation is 2. The monoisotopic (exact) mass is 217 g/mol. The van der Waals surface area contributed by atoms with Gasteiger partial charge in [0.15, 0.2) is 5.58 Å². The van der Waals surface area contributed by atoms with Crippen molar-refractivity contribution in [2.45, 2.75) is 26.7 Å². The summed E-state index contributed by atoms with van der Waals surface area (Å²) >= 11 is 0. The van der Waals surface area contributed by atoms with Crippen molar-refractivity contribution < 1.29 is 9.21 Å². The van der Waals surface area contributed by atoms with Gasteiger partial charge in [-0.25, -0.2) is 0 Å². The van der Waals surface area contributed by atoms with Gasteiger partial charge < -0.3 is 14.9 Å². The van der Waals surface area contributed by atoms with Gasteiger partial charge in [0.25, 0.3) is 0 Å². The number of carbonyl (C=O) groups is 1. The number of benzene rings is 1. The first-order valence-corrected chi connectivity index (χ1v) is 5.35. The number of rotatable bonds is 3. The molecule has 0 aliphatic heterocycles. The lowest BCUT2D eigenvalue weighted by Gasteiger charge is -1.97. The number of anilines is 1. The van der Waals surface area contributed by atoms with Crippen LogP contribution in [0.5, 0.6) is 0 Å². The summed E-state index contributed by atoms with van der Waals surface area (Å²) in [5.41, 5.74) is 8.31. The van der Waals surface area contributed by atoms with Crippen molar-refractivity contribution in [2.75, 3.05) is 5.73 Å². The normalized spacial score (nSPS) is 10.9. The minimum atomic E-state index is 0.192. The molecular weight excluding hydrogens is 202 g/mol.